The third-order valence-electron chi connectivity index (χ3n) is 2.93. The van der Waals surface area contributed by atoms with Crippen LogP contribution in [0.15, 0.2) is 6.07 Å². The first kappa shape index (κ1) is 11.8. The van der Waals surface area contributed by atoms with E-state index in [-0.39, 0.29) is 0 Å². The van der Waals surface area contributed by atoms with Crippen molar-refractivity contribution in [2.24, 2.45) is 0 Å². The van der Waals surface area contributed by atoms with E-state index in [2.05, 4.69) is 33.6 Å². The quantitative estimate of drug-likeness (QED) is 0.800. The maximum absolute atomic E-state index is 8.86. The second kappa shape index (κ2) is 5.11. The molecule has 5 heteroatoms. The van der Waals surface area contributed by atoms with Crippen molar-refractivity contribution in [2.75, 3.05) is 11.9 Å². The number of aryl methyl sites for hydroxylation is 1. The maximum atomic E-state index is 8.86. The lowest BCUT2D eigenvalue weighted by molar-refractivity contribution is 0.395. The van der Waals surface area contributed by atoms with E-state index < -0.39 is 0 Å². The molecule has 1 fully saturated rings. The van der Waals surface area contributed by atoms with Gasteiger partial charge >= 0.3 is 0 Å². The Morgan fingerprint density at radius 3 is 3.06 bits per heavy atom. The van der Waals surface area contributed by atoms with Crippen molar-refractivity contribution in [1.29, 1.82) is 5.26 Å². The monoisotopic (exact) mass is 231 g/mol. The van der Waals surface area contributed by atoms with E-state index >= 15 is 0 Å². The van der Waals surface area contributed by atoms with E-state index in [1.807, 2.05) is 6.92 Å². The molecule has 90 valence electrons. The van der Waals surface area contributed by atoms with E-state index in [1.54, 1.807) is 6.07 Å². The Labute approximate surface area is 101 Å². The number of nitriles is 1. The van der Waals surface area contributed by atoms with Gasteiger partial charge in [-0.05, 0) is 39.3 Å². The first-order valence-electron chi connectivity index (χ1n) is 5.93. The fourth-order valence-corrected chi connectivity index (χ4v) is 2.14. The van der Waals surface area contributed by atoms with Crippen LogP contribution in [-0.2, 0) is 0 Å². The van der Waals surface area contributed by atoms with Gasteiger partial charge in [-0.2, -0.15) is 5.26 Å². The minimum absolute atomic E-state index is 0.389. The van der Waals surface area contributed by atoms with Gasteiger partial charge in [-0.25, -0.2) is 9.97 Å². The third-order valence-corrected chi connectivity index (χ3v) is 2.93. The molecule has 0 radical (unpaired) electrons. The molecule has 2 unspecified atom stereocenters. The molecule has 1 aliphatic heterocycles. The van der Waals surface area contributed by atoms with Gasteiger partial charge in [0, 0.05) is 17.8 Å². The van der Waals surface area contributed by atoms with Crippen molar-refractivity contribution in [1.82, 2.24) is 15.3 Å². The standard InChI is InChI=1S/C12H17N5/c1-8-5-10(3-4-14-8)16-12-15-9(2)6-11(7-13)17-12/h6,8,10,14H,3-5H2,1-2H3,(H,15,16,17). The van der Waals surface area contributed by atoms with Crippen LogP contribution in [0, 0.1) is 18.3 Å². The van der Waals surface area contributed by atoms with E-state index in [9.17, 15) is 0 Å². The van der Waals surface area contributed by atoms with Crippen LogP contribution in [0.1, 0.15) is 31.2 Å². The number of hydrogen-bond donors (Lipinski definition) is 2. The van der Waals surface area contributed by atoms with Gasteiger partial charge in [0.15, 0.2) is 0 Å². The summed E-state index contributed by atoms with van der Waals surface area (Å²) in [4.78, 5) is 8.47. The summed E-state index contributed by atoms with van der Waals surface area (Å²) in [6, 6.07) is 4.65. The van der Waals surface area contributed by atoms with Crippen molar-refractivity contribution in [3.8, 4) is 6.07 Å². The highest BCUT2D eigenvalue weighted by Gasteiger charge is 2.18. The fraction of sp³-hybridized carbons (Fsp3) is 0.583. The zero-order valence-electron chi connectivity index (χ0n) is 10.2. The summed E-state index contributed by atoms with van der Waals surface area (Å²) in [6.45, 7) is 5.06. The van der Waals surface area contributed by atoms with E-state index in [0.29, 0.717) is 23.7 Å². The Morgan fingerprint density at radius 2 is 2.35 bits per heavy atom. The molecule has 0 aromatic carbocycles. The topological polar surface area (TPSA) is 73.6 Å². The first-order chi connectivity index (χ1) is 8.17. The fourth-order valence-electron chi connectivity index (χ4n) is 2.14. The Morgan fingerprint density at radius 1 is 1.53 bits per heavy atom. The summed E-state index contributed by atoms with van der Waals surface area (Å²) in [5.41, 5.74) is 1.24. The SMILES string of the molecule is Cc1cc(C#N)nc(NC2CCNC(C)C2)n1. The molecule has 1 aromatic heterocycles. The predicted octanol–water partition coefficient (Wildman–Crippen LogP) is 1.21. The minimum atomic E-state index is 0.389. The molecule has 0 amide bonds. The number of nitrogens with zero attached hydrogens (tertiary/aromatic N) is 3. The lowest BCUT2D eigenvalue weighted by atomic mass is 10.0. The van der Waals surface area contributed by atoms with Gasteiger partial charge in [0.2, 0.25) is 5.95 Å². The molecular formula is C12H17N5. The van der Waals surface area contributed by atoms with Crippen LogP contribution in [0.4, 0.5) is 5.95 Å². The van der Waals surface area contributed by atoms with Crippen molar-refractivity contribution in [2.45, 2.75) is 38.8 Å². The van der Waals surface area contributed by atoms with Crippen LogP contribution in [0.3, 0.4) is 0 Å². The molecule has 2 atom stereocenters. The highest BCUT2D eigenvalue weighted by molar-refractivity contribution is 5.34. The zero-order valence-corrected chi connectivity index (χ0v) is 10.2. The van der Waals surface area contributed by atoms with Gasteiger partial charge in [-0.3, -0.25) is 0 Å². The predicted molar refractivity (Wildman–Crippen MR) is 65.6 cm³/mol. The van der Waals surface area contributed by atoms with Crippen molar-refractivity contribution < 1.29 is 0 Å². The maximum Gasteiger partial charge on any atom is 0.224 e. The van der Waals surface area contributed by atoms with Crippen LogP contribution in [0.5, 0.6) is 0 Å². The summed E-state index contributed by atoms with van der Waals surface area (Å²) >= 11 is 0. The molecule has 2 N–H and O–H groups in total. The number of aromatic nitrogens is 2. The second-order valence-corrected chi connectivity index (χ2v) is 4.55. The number of piperidine rings is 1. The van der Waals surface area contributed by atoms with Crippen molar-refractivity contribution >= 4 is 5.95 Å². The highest BCUT2D eigenvalue weighted by Crippen LogP contribution is 2.13. The number of hydrogen-bond acceptors (Lipinski definition) is 5. The lowest BCUT2D eigenvalue weighted by Gasteiger charge is -2.28. The molecule has 0 spiro atoms. The smallest absolute Gasteiger partial charge is 0.224 e. The van der Waals surface area contributed by atoms with E-state index in [0.717, 1.165) is 25.1 Å². The largest absolute Gasteiger partial charge is 0.351 e. The molecule has 17 heavy (non-hydrogen) atoms. The summed E-state index contributed by atoms with van der Waals surface area (Å²) in [5, 5.41) is 15.6. The molecule has 1 aliphatic rings. The lowest BCUT2D eigenvalue weighted by Crippen LogP contribution is -2.41. The molecule has 0 aliphatic carbocycles. The molecule has 2 heterocycles. The van der Waals surface area contributed by atoms with Crippen LogP contribution in [0.2, 0.25) is 0 Å². The van der Waals surface area contributed by atoms with E-state index in [4.69, 9.17) is 5.26 Å². The Hall–Kier alpha value is -1.67. The molecule has 0 saturated carbocycles. The summed E-state index contributed by atoms with van der Waals surface area (Å²) in [7, 11) is 0. The van der Waals surface area contributed by atoms with Crippen LogP contribution in [0.25, 0.3) is 0 Å². The van der Waals surface area contributed by atoms with Crippen molar-refractivity contribution in [3.05, 3.63) is 17.5 Å². The van der Waals surface area contributed by atoms with Gasteiger partial charge < -0.3 is 10.6 Å². The van der Waals surface area contributed by atoms with Crippen LogP contribution in [-0.4, -0.2) is 28.6 Å². The van der Waals surface area contributed by atoms with Gasteiger partial charge in [0.25, 0.3) is 0 Å². The average Bonchev–Trinajstić information content (AvgIpc) is 2.28. The Bertz CT molecular complexity index is 437. The van der Waals surface area contributed by atoms with Crippen LogP contribution >= 0.6 is 0 Å². The van der Waals surface area contributed by atoms with Gasteiger partial charge in [-0.1, -0.05) is 0 Å². The molecule has 2 rings (SSSR count). The third kappa shape index (κ3) is 3.14. The highest BCUT2D eigenvalue weighted by atomic mass is 15.1. The minimum Gasteiger partial charge on any atom is -0.351 e. The molecule has 1 aromatic rings. The van der Waals surface area contributed by atoms with E-state index in [1.165, 1.54) is 0 Å². The number of nitrogens with one attached hydrogen (secondary N) is 2. The summed E-state index contributed by atoms with van der Waals surface area (Å²) in [6.07, 6.45) is 2.11. The first-order valence-corrected chi connectivity index (χ1v) is 5.93. The molecular weight excluding hydrogens is 214 g/mol. The zero-order chi connectivity index (χ0) is 12.3. The number of anilines is 1. The molecule has 1 saturated heterocycles. The number of rotatable bonds is 2. The van der Waals surface area contributed by atoms with Crippen LogP contribution < -0.4 is 10.6 Å². The van der Waals surface area contributed by atoms with Gasteiger partial charge in [0.1, 0.15) is 11.8 Å². The Balaban J connectivity index is 2.07. The normalized spacial score (nSPS) is 24.1. The average molecular weight is 231 g/mol. The molecule has 5 nitrogen and oxygen atoms in total. The molecule has 0 bridgehead atoms. The van der Waals surface area contributed by atoms with Gasteiger partial charge in [0.05, 0.1) is 0 Å². The second-order valence-electron chi connectivity index (χ2n) is 4.55. The summed E-state index contributed by atoms with van der Waals surface area (Å²) < 4.78 is 0. The Kier molecular flexibility index (Phi) is 3.55. The van der Waals surface area contributed by atoms with Crippen molar-refractivity contribution in [3.63, 3.8) is 0 Å². The van der Waals surface area contributed by atoms with Gasteiger partial charge in [-0.15, -0.1) is 0 Å². The summed E-state index contributed by atoms with van der Waals surface area (Å²) in [5.74, 6) is 0.570.